The number of anilines is 1. The Kier molecular flexibility index (Phi) is 2.89. The standard InChI is InChI=1S/C13H19ClN2/c1-9-10(14)5-4-6-11(9)16-8-7-12(15)13(16,2)3/h4-6,12H,7-8,15H2,1-3H3. The lowest BCUT2D eigenvalue weighted by molar-refractivity contribution is 0.453. The van der Waals surface area contributed by atoms with Gasteiger partial charge in [-0.15, -0.1) is 0 Å². The average molecular weight is 239 g/mol. The Morgan fingerprint density at radius 1 is 1.44 bits per heavy atom. The summed E-state index contributed by atoms with van der Waals surface area (Å²) in [5.41, 5.74) is 8.52. The first-order valence-corrected chi connectivity index (χ1v) is 6.10. The maximum absolute atomic E-state index is 6.16. The lowest BCUT2D eigenvalue weighted by Crippen LogP contribution is -2.49. The zero-order chi connectivity index (χ0) is 11.9. The summed E-state index contributed by atoms with van der Waals surface area (Å²) in [6.07, 6.45) is 1.04. The van der Waals surface area contributed by atoms with Gasteiger partial charge in [-0.2, -0.15) is 0 Å². The highest BCUT2D eigenvalue weighted by molar-refractivity contribution is 6.31. The van der Waals surface area contributed by atoms with Crippen molar-refractivity contribution in [3.05, 3.63) is 28.8 Å². The number of rotatable bonds is 1. The van der Waals surface area contributed by atoms with E-state index in [0.717, 1.165) is 23.6 Å². The van der Waals surface area contributed by atoms with Gasteiger partial charge in [-0.1, -0.05) is 17.7 Å². The van der Waals surface area contributed by atoms with Crippen molar-refractivity contribution in [3.63, 3.8) is 0 Å². The summed E-state index contributed by atoms with van der Waals surface area (Å²) in [4.78, 5) is 2.37. The molecule has 2 rings (SSSR count). The highest BCUT2D eigenvalue weighted by Gasteiger charge is 2.39. The molecule has 0 saturated carbocycles. The van der Waals surface area contributed by atoms with Gasteiger partial charge in [0.15, 0.2) is 0 Å². The zero-order valence-electron chi connectivity index (χ0n) is 10.1. The van der Waals surface area contributed by atoms with Crippen LogP contribution in [0.1, 0.15) is 25.8 Å². The van der Waals surface area contributed by atoms with E-state index in [4.69, 9.17) is 17.3 Å². The fourth-order valence-electron chi connectivity index (χ4n) is 2.43. The summed E-state index contributed by atoms with van der Waals surface area (Å²) in [6, 6.07) is 6.29. The predicted molar refractivity (Wildman–Crippen MR) is 70.2 cm³/mol. The summed E-state index contributed by atoms with van der Waals surface area (Å²) in [5, 5.41) is 0.828. The topological polar surface area (TPSA) is 29.3 Å². The summed E-state index contributed by atoms with van der Waals surface area (Å²) >= 11 is 6.16. The van der Waals surface area contributed by atoms with Crippen molar-refractivity contribution in [2.24, 2.45) is 5.73 Å². The van der Waals surface area contributed by atoms with Crippen LogP contribution in [0.2, 0.25) is 5.02 Å². The number of hydrogen-bond acceptors (Lipinski definition) is 2. The van der Waals surface area contributed by atoms with Crippen LogP contribution in [-0.2, 0) is 0 Å². The Hall–Kier alpha value is -0.730. The van der Waals surface area contributed by atoms with E-state index < -0.39 is 0 Å². The average Bonchev–Trinajstić information content (AvgIpc) is 2.48. The van der Waals surface area contributed by atoms with Gasteiger partial charge < -0.3 is 10.6 Å². The van der Waals surface area contributed by atoms with Gasteiger partial charge in [-0.05, 0) is 44.9 Å². The van der Waals surface area contributed by atoms with Crippen molar-refractivity contribution in [1.29, 1.82) is 0 Å². The molecule has 1 heterocycles. The molecule has 0 amide bonds. The molecule has 1 aliphatic heterocycles. The van der Waals surface area contributed by atoms with Gasteiger partial charge in [0.2, 0.25) is 0 Å². The van der Waals surface area contributed by atoms with E-state index in [-0.39, 0.29) is 11.6 Å². The van der Waals surface area contributed by atoms with E-state index in [9.17, 15) is 0 Å². The normalized spacial score (nSPS) is 23.8. The van der Waals surface area contributed by atoms with Crippen LogP contribution in [-0.4, -0.2) is 18.1 Å². The molecule has 2 N–H and O–H groups in total. The monoisotopic (exact) mass is 238 g/mol. The maximum Gasteiger partial charge on any atom is 0.0497 e. The smallest absolute Gasteiger partial charge is 0.0497 e. The lowest BCUT2D eigenvalue weighted by atomic mass is 9.96. The van der Waals surface area contributed by atoms with Crippen LogP contribution < -0.4 is 10.6 Å². The fraction of sp³-hybridized carbons (Fsp3) is 0.538. The van der Waals surface area contributed by atoms with Crippen LogP contribution in [0.4, 0.5) is 5.69 Å². The first-order valence-electron chi connectivity index (χ1n) is 5.73. The van der Waals surface area contributed by atoms with E-state index in [0.29, 0.717) is 0 Å². The molecule has 0 aliphatic carbocycles. The Morgan fingerprint density at radius 2 is 2.12 bits per heavy atom. The minimum Gasteiger partial charge on any atom is -0.365 e. The van der Waals surface area contributed by atoms with Crippen LogP contribution in [0.3, 0.4) is 0 Å². The molecule has 0 bridgehead atoms. The van der Waals surface area contributed by atoms with E-state index >= 15 is 0 Å². The largest absolute Gasteiger partial charge is 0.365 e. The number of nitrogens with zero attached hydrogens (tertiary/aromatic N) is 1. The molecule has 1 aliphatic rings. The third kappa shape index (κ3) is 1.70. The molecule has 3 heteroatoms. The molecule has 1 saturated heterocycles. The van der Waals surface area contributed by atoms with Crippen molar-refractivity contribution in [2.45, 2.75) is 38.8 Å². The van der Waals surface area contributed by atoms with Crippen molar-refractivity contribution in [1.82, 2.24) is 0 Å². The van der Waals surface area contributed by atoms with Crippen LogP contribution in [0.15, 0.2) is 18.2 Å². The third-order valence-electron chi connectivity index (χ3n) is 3.80. The van der Waals surface area contributed by atoms with E-state index in [1.165, 1.54) is 5.69 Å². The number of benzene rings is 1. The molecule has 1 aromatic carbocycles. The van der Waals surface area contributed by atoms with Gasteiger partial charge in [-0.25, -0.2) is 0 Å². The van der Waals surface area contributed by atoms with Crippen LogP contribution in [0.25, 0.3) is 0 Å². The molecule has 2 nitrogen and oxygen atoms in total. The second-order valence-corrected chi connectivity index (χ2v) is 5.49. The minimum atomic E-state index is 0.00937. The summed E-state index contributed by atoms with van der Waals surface area (Å²) in [6.45, 7) is 7.48. The third-order valence-corrected chi connectivity index (χ3v) is 4.21. The Balaban J connectivity index is 2.42. The van der Waals surface area contributed by atoms with Gasteiger partial charge in [0, 0.05) is 28.8 Å². The number of nitrogens with two attached hydrogens (primary N) is 1. The van der Waals surface area contributed by atoms with Gasteiger partial charge in [-0.3, -0.25) is 0 Å². The van der Waals surface area contributed by atoms with Crippen molar-refractivity contribution < 1.29 is 0 Å². The second kappa shape index (κ2) is 3.94. The molecule has 16 heavy (non-hydrogen) atoms. The van der Waals surface area contributed by atoms with Crippen LogP contribution in [0.5, 0.6) is 0 Å². The van der Waals surface area contributed by atoms with E-state index in [2.05, 4.69) is 31.7 Å². The summed E-state index contributed by atoms with van der Waals surface area (Å²) in [5.74, 6) is 0. The SMILES string of the molecule is Cc1c(Cl)cccc1N1CCC(N)C1(C)C. The van der Waals surface area contributed by atoms with Gasteiger partial charge in [0.25, 0.3) is 0 Å². The quantitative estimate of drug-likeness (QED) is 0.815. The molecule has 1 unspecified atom stereocenters. The molecule has 88 valence electrons. The summed E-state index contributed by atoms with van der Waals surface area (Å²) in [7, 11) is 0. The molecular weight excluding hydrogens is 220 g/mol. The van der Waals surface area contributed by atoms with Gasteiger partial charge in [0.1, 0.15) is 0 Å². The molecular formula is C13H19ClN2. The van der Waals surface area contributed by atoms with Crippen LogP contribution in [0, 0.1) is 6.92 Å². The first-order chi connectivity index (χ1) is 7.44. The Bertz CT molecular complexity index is 401. The van der Waals surface area contributed by atoms with Gasteiger partial charge in [0.05, 0.1) is 0 Å². The lowest BCUT2D eigenvalue weighted by Gasteiger charge is -2.37. The van der Waals surface area contributed by atoms with E-state index in [1.807, 2.05) is 12.1 Å². The molecule has 0 spiro atoms. The Labute approximate surface area is 102 Å². The van der Waals surface area contributed by atoms with Crippen molar-refractivity contribution in [2.75, 3.05) is 11.4 Å². The zero-order valence-corrected chi connectivity index (χ0v) is 10.9. The summed E-state index contributed by atoms with van der Waals surface area (Å²) < 4.78 is 0. The van der Waals surface area contributed by atoms with E-state index in [1.54, 1.807) is 0 Å². The predicted octanol–water partition coefficient (Wildman–Crippen LogP) is 2.96. The molecule has 0 aromatic heterocycles. The van der Waals surface area contributed by atoms with Gasteiger partial charge >= 0.3 is 0 Å². The highest BCUT2D eigenvalue weighted by atomic mass is 35.5. The molecule has 1 fully saturated rings. The number of halogens is 1. The van der Waals surface area contributed by atoms with Crippen LogP contribution >= 0.6 is 11.6 Å². The highest BCUT2D eigenvalue weighted by Crippen LogP contribution is 2.36. The molecule has 1 aromatic rings. The maximum atomic E-state index is 6.16. The molecule has 1 atom stereocenters. The molecule has 0 radical (unpaired) electrons. The second-order valence-electron chi connectivity index (χ2n) is 5.08. The minimum absolute atomic E-state index is 0.00937. The van der Waals surface area contributed by atoms with Crippen molar-refractivity contribution in [3.8, 4) is 0 Å². The van der Waals surface area contributed by atoms with Crippen molar-refractivity contribution >= 4 is 17.3 Å². The first kappa shape index (κ1) is 11.7. The number of hydrogen-bond donors (Lipinski definition) is 1. The Morgan fingerprint density at radius 3 is 2.69 bits per heavy atom. The fourth-order valence-corrected chi connectivity index (χ4v) is 2.60.